The molecule has 3 aromatic heterocycles. The lowest BCUT2D eigenvalue weighted by molar-refractivity contribution is 0.101. The van der Waals surface area contributed by atoms with E-state index in [0.717, 1.165) is 36.3 Å². The zero-order chi connectivity index (χ0) is 22.0. The molecule has 0 saturated heterocycles. The van der Waals surface area contributed by atoms with Gasteiger partial charge in [0.1, 0.15) is 12.0 Å². The van der Waals surface area contributed by atoms with Crippen LogP contribution in [-0.4, -0.2) is 43.0 Å². The van der Waals surface area contributed by atoms with E-state index in [0.29, 0.717) is 41.6 Å². The number of hydrogen-bond donors (Lipinski definition) is 2. The minimum absolute atomic E-state index is 0.248. The Kier molecular flexibility index (Phi) is 6.13. The maximum atomic E-state index is 12.6. The largest absolute Gasteiger partial charge is 0.378 e. The summed E-state index contributed by atoms with van der Waals surface area (Å²) >= 11 is 0. The predicted molar refractivity (Wildman–Crippen MR) is 116 cm³/mol. The first kappa shape index (κ1) is 21.2. The smallest absolute Gasteiger partial charge is 0.275 e. The second-order valence-corrected chi connectivity index (χ2v) is 8.47. The quantitative estimate of drug-likeness (QED) is 0.602. The fourth-order valence-electron chi connectivity index (χ4n) is 4.21. The number of aryl methyl sites for hydroxylation is 1. The Hall–Kier alpha value is -3.07. The highest BCUT2D eigenvalue weighted by molar-refractivity contribution is 6.02. The number of carbonyl (C=O) groups is 1. The third-order valence-electron chi connectivity index (χ3n) is 5.89. The Morgan fingerprint density at radius 3 is 2.84 bits per heavy atom. The topological polar surface area (TPSA) is 111 Å². The van der Waals surface area contributed by atoms with Crippen LogP contribution in [0.25, 0.3) is 0 Å². The van der Waals surface area contributed by atoms with Crippen LogP contribution in [0.1, 0.15) is 84.1 Å². The number of anilines is 1. The SMILES string of the molecule is COCc1cc(C(=O)Nc2cc([C@@H]3CC[C@@H](c4cc(C(C)C)ncn4)C3)[nH]n2)n(C)n1. The average molecular weight is 424 g/mol. The maximum absolute atomic E-state index is 12.6. The van der Waals surface area contributed by atoms with Crippen LogP contribution < -0.4 is 5.32 Å². The van der Waals surface area contributed by atoms with E-state index < -0.39 is 0 Å². The van der Waals surface area contributed by atoms with Crippen molar-refractivity contribution >= 4 is 11.7 Å². The first-order chi connectivity index (χ1) is 14.9. The molecule has 0 aliphatic heterocycles. The molecule has 2 atom stereocenters. The summed E-state index contributed by atoms with van der Waals surface area (Å²) in [6.07, 6.45) is 4.82. The van der Waals surface area contributed by atoms with Crippen molar-refractivity contribution in [1.29, 1.82) is 0 Å². The Labute approximate surface area is 181 Å². The predicted octanol–water partition coefficient (Wildman–Crippen LogP) is 3.51. The Morgan fingerprint density at radius 2 is 2.06 bits per heavy atom. The molecule has 1 aliphatic carbocycles. The fraction of sp³-hybridized carbons (Fsp3) is 0.500. The maximum Gasteiger partial charge on any atom is 0.275 e. The zero-order valence-electron chi connectivity index (χ0n) is 18.4. The number of nitrogens with zero attached hydrogens (tertiary/aromatic N) is 5. The van der Waals surface area contributed by atoms with Gasteiger partial charge >= 0.3 is 0 Å². The number of aromatic nitrogens is 6. The second kappa shape index (κ2) is 8.97. The highest BCUT2D eigenvalue weighted by Gasteiger charge is 2.29. The van der Waals surface area contributed by atoms with Crippen molar-refractivity contribution in [1.82, 2.24) is 29.9 Å². The van der Waals surface area contributed by atoms with Crippen LogP contribution in [0.5, 0.6) is 0 Å². The molecule has 1 saturated carbocycles. The molecule has 3 aromatic rings. The van der Waals surface area contributed by atoms with Crippen molar-refractivity contribution in [2.24, 2.45) is 7.05 Å². The van der Waals surface area contributed by atoms with Gasteiger partial charge in [0.15, 0.2) is 5.82 Å². The molecule has 3 heterocycles. The summed E-state index contributed by atoms with van der Waals surface area (Å²) in [7, 11) is 3.34. The number of amides is 1. The van der Waals surface area contributed by atoms with Gasteiger partial charge in [-0.2, -0.15) is 10.2 Å². The van der Waals surface area contributed by atoms with Crippen molar-refractivity contribution < 1.29 is 9.53 Å². The van der Waals surface area contributed by atoms with E-state index in [1.165, 1.54) is 0 Å². The first-order valence-electron chi connectivity index (χ1n) is 10.6. The van der Waals surface area contributed by atoms with E-state index in [2.05, 4.69) is 50.5 Å². The van der Waals surface area contributed by atoms with E-state index in [1.807, 2.05) is 6.07 Å². The van der Waals surface area contributed by atoms with Crippen LogP contribution in [0, 0.1) is 0 Å². The second-order valence-electron chi connectivity index (χ2n) is 8.47. The molecule has 0 aromatic carbocycles. The number of aromatic amines is 1. The summed E-state index contributed by atoms with van der Waals surface area (Å²) in [4.78, 5) is 21.5. The molecule has 164 valence electrons. The third-order valence-corrected chi connectivity index (χ3v) is 5.89. The Morgan fingerprint density at radius 1 is 1.26 bits per heavy atom. The van der Waals surface area contributed by atoms with Crippen LogP contribution in [0.4, 0.5) is 5.82 Å². The van der Waals surface area contributed by atoms with Gasteiger partial charge in [-0.25, -0.2) is 9.97 Å². The van der Waals surface area contributed by atoms with Crippen LogP contribution in [-0.2, 0) is 18.4 Å². The number of ether oxygens (including phenoxy) is 1. The van der Waals surface area contributed by atoms with Gasteiger partial charge in [-0.1, -0.05) is 13.8 Å². The molecule has 0 bridgehead atoms. The lowest BCUT2D eigenvalue weighted by Gasteiger charge is -2.12. The van der Waals surface area contributed by atoms with Gasteiger partial charge in [-0.3, -0.25) is 14.6 Å². The molecular weight excluding hydrogens is 394 g/mol. The number of carbonyl (C=O) groups excluding carboxylic acids is 1. The summed E-state index contributed by atoms with van der Waals surface area (Å²) in [6, 6.07) is 5.79. The van der Waals surface area contributed by atoms with Crippen molar-refractivity contribution in [3.8, 4) is 0 Å². The molecule has 0 spiro atoms. The van der Waals surface area contributed by atoms with Gasteiger partial charge in [0.05, 0.1) is 12.3 Å². The number of hydrogen-bond acceptors (Lipinski definition) is 6. The first-order valence-corrected chi connectivity index (χ1v) is 10.6. The molecule has 2 N–H and O–H groups in total. The van der Waals surface area contributed by atoms with Gasteiger partial charge < -0.3 is 10.1 Å². The van der Waals surface area contributed by atoms with Gasteiger partial charge in [0.25, 0.3) is 5.91 Å². The molecular formula is C22H29N7O2. The van der Waals surface area contributed by atoms with Crippen LogP contribution in [0.15, 0.2) is 24.5 Å². The molecule has 31 heavy (non-hydrogen) atoms. The van der Waals surface area contributed by atoms with Gasteiger partial charge in [0, 0.05) is 49.1 Å². The molecule has 0 radical (unpaired) electrons. The normalized spacial score (nSPS) is 18.6. The minimum Gasteiger partial charge on any atom is -0.378 e. The lowest BCUT2D eigenvalue weighted by Crippen LogP contribution is -2.16. The van der Waals surface area contributed by atoms with Crippen molar-refractivity contribution in [2.75, 3.05) is 12.4 Å². The average Bonchev–Trinajstić information content (AvgIpc) is 3.48. The minimum atomic E-state index is -0.248. The third kappa shape index (κ3) is 4.66. The van der Waals surface area contributed by atoms with Crippen molar-refractivity contribution in [2.45, 2.75) is 57.5 Å². The Balaban J connectivity index is 1.40. The van der Waals surface area contributed by atoms with Crippen LogP contribution in [0.2, 0.25) is 0 Å². The van der Waals surface area contributed by atoms with E-state index in [1.54, 1.807) is 31.2 Å². The number of nitrogens with one attached hydrogen (secondary N) is 2. The van der Waals surface area contributed by atoms with E-state index in [4.69, 9.17) is 4.74 Å². The van der Waals surface area contributed by atoms with Crippen LogP contribution in [0.3, 0.4) is 0 Å². The fourth-order valence-corrected chi connectivity index (χ4v) is 4.21. The molecule has 1 aliphatic rings. The number of H-pyrrole nitrogens is 1. The number of methoxy groups -OCH3 is 1. The van der Waals surface area contributed by atoms with Crippen molar-refractivity contribution in [3.63, 3.8) is 0 Å². The van der Waals surface area contributed by atoms with Crippen LogP contribution >= 0.6 is 0 Å². The van der Waals surface area contributed by atoms with Gasteiger partial charge in [0.2, 0.25) is 0 Å². The lowest BCUT2D eigenvalue weighted by atomic mass is 9.98. The standard InChI is InChI=1S/C22H29N7O2/c1-13(2)17-9-18(24-12-23-17)14-5-6-15(7-14)19-10-21(27-26-19)25-22(30)20-8-16(11-31-4)28-29(20)3/h8-10,12-15H,5-7,11H2,1-4H3,(H2,25,26,27,30)/t14-,15-/m1/s1. The summed E-state index contributed by atoms with van der Waals surface area (Å²) in [5.41, 5.74) is 4.42. The molecule has 1 fully saturated rings. The molecule has 9 nitrogen and oxygen atoms in total. The summed E-state index contributed by atoms with van der Waals surface area (Å²) in [5.74, 6) is 1.44. The molecule has 9 heteroatoms. The molecule has 1 amide bonds. The van der Waals surface area contributed by atoms with Gasteiger partial charge in [-0.05, 0) is 37.3 Å². The highest BCUT2D eigenvalue weighted by atomic mass is 16.5. The monoisotopic (exact) mass is 423 g/mol. The zero-order valence-corrected chi connectivity index (χ0v) is 18.4. The molecule has 0 unspecified atom stereocenters. The molecule has 4 rings (SSSR count). The summed E-state index contributed by atoms with van der Waals surface area (Å²) in [6.45, 7) is 4.66. The van der Waals surface area contributed by atoms with Crippen molar-refractivity contribution in [3.05, 3.63) is 53.0 Å². The van der Waals surface area contributed by atoms with E-state index in [-0.39, 0.29) is 5.91 Å². The summed E-state index contributed by atoms with van der Waals surface area (Å²) < 4.78 is 6.63. The summed E-state index contributed by atoms with van der Waals surface area (Å²) in [5, 5.41) is 14.5. The van der Waals surface area contributed by atoms with Gasteiger partial charge in [-0.15, -0.1) is 0 Å². The van der Waals surface area contributed by atoms with E-state index >= 15 is 0 Å². The van der Waals surface area contributed by atoms with E-state index in [9.17, 15) is 4.79 Å². The highest BCUT2D eigenvalue weighted by Crippen LogP contribution is 2.43. The Bertz CT molecular complexity index is 1060. The number of rotatable bonds is 7.